The summed E-state index contributed by atoms with van der Waals surface area (Å²) >= 11 is 2.99. The van der Waals surface area contributed by atoms with Crippen LogP contribution < -0.4 is 4.74 Å². The highest BCUT2D eigenvalue weighted by Crippen LogP contribution is 2.33. The minimum atomic E-state index is -1.02. The van der Waals surface area contributed by atoms with Crippen LogP contribution in [-0.4, -0.2) is 31.9 Å². The van der Waals surface area contributed by atoms with E-state index in [1.54, 1.807) is 12.1 Å². The van der Waals surface area contributed by atoms with Gasteiger partial charge in [-0.15, -0.1) is 0 Å². The Hall–Kier alpha value is -4.11. The molecule has 0 atom stereocenters. The number of imide groups is 1. The molecule has 0 saturated carbocycles. The molecular formula is C24H14IN3O8S. The van der Waals surface area contributed by atoms with Gasteiger partial charge in [-0.25, -0.2) is 4.79 Å². The van der Waals surface area contributed by atoms with Crippen LogP contribution in [0, 0.1) is 23.8 Å². The van der Waals surface area contributed by atoms with Crippen molar-refractivity contribution in [3.05, 3.63) is 112 Å². The third-order valence-corrected chi connectivity index (χ3v) is 6.70. The Balaban J connectivity index is 1.46. The zero-order valence-electron chi connectivity index (χ0n) is 18.5. The van der Waals surface area contributed by atoms with Gasteiger partial charge in [0.15, 0.2) is 0 Å². The van der Waals surface area contributed by atoms with Crippen molar-refractivity contribution in [2.45, 2.75) is 6.54 Å². The average molecular weight is 631 g/mol. The molecule has 3 aromatic carbocycles. The van der Waals surface area contributed by atoms with E-state index in [4.69, 9.17) is 4.74 Å². The monoisotopic (exact) mass is 631 g/mol. The third-order valence-electron chi connectivity index (χ3n) is 5.08. The van der Waals surface area contributed by atoms with Gasteiger partial charge in [0.25, 0.3) is 22.5 Å². The SMILES string of the molecule is O=C(Oc1ccc(/C=C2\SC(=O)N(Cc3ccc(I)cc3)C2=O)cc1)c1cc([N+](=O)[O-])cc([N+](=O)[O-])c1. The zero-order valence-corrected chi connectivity index (χ0v) is 21.5. The predicted octanol–water partition coefficient (Wildman–Crippen LogP) is 5.56. The highest BCUT2D eigenvalue weighted by atomic mass is 127. The average Bonchev–Trinajstić information content (AvgIpc) is 3.13. The summed E-state index contributed by atoms with van der Waals surface area (Å²) in [6.45, 7) is 0.156. The lowest BCUT2D eigenvalue weighted by Crippen LogP contribution is -2.27. The lowest BCUT2D eigenvalue weighted by Gasteiger charge is -2.12. The number of non-ortho nitro benzene ring substituents is 2. The lowest BCUT2D eigenvalue weighted by molar-refractivity contribution is -0.394. The molecule has 1 saturated heterocycles. The molecule has 13 heteroatoms. The van der Waals surface area contributed by atoms with Crippen molar-refractivity contribution in [1.29, 1.82) is 0 Å². The first-order chi connectivity index (χ1) is 17.6. The molecule has 37 heavy (non-hydrogen) atoms. The maximum atomic E-state index is 12.8. The molecule has 0 radical (unpaired) electrons. The molecule has 1 aliphatic heterocycles. The number of carbonyl (C=O) groups is 3. The highest BCUT2D eigenvalue weighted by Gasteiger charge is 2.35. The van der Waals surface area contributed by atoms with Crippen LogP contribution >= 0.6 is 34.4 Å². The minimum absolute atomic E-state index is 0.0723. The highest BCUT2D eigenvalue weighted by molar-refractivity contribution is 14.1. The van der Waals surface area contributed by atoms with Crippen LogP contribution in [0.5, 0.6) is 5.75 Å². The number of benzene rings is 3. The van der Waals surface area contributed by atoms with Gasteiger partial charge < -0.3 is 4.74 Å². The number of nitro benzene ring substituents is 2. The zero-order chi connectivity index (χ0) is 26.7. The van der Waals surface area contributed by atoms with Gasteiger partial charge in [0.1, 0.15) is 5.75 Å². The van der Waals surface area contributed by atoms with Crippen molar-refractivity contribution in [2.24, 2.45) is 0 Å². The maximum Gasteiger partial charge on any atom is 0.344 e. The molecule has 0 aliphatic carbocycles. The Morgan fingerprint density at radius 1 is 0.946 bits per heavy atom. The summed E-state index contributed by atoms with van der Waals surface area (Å²) in [5, 5.41) is 21.7. The molecule has 1 aliphatic rings. The molecule has 1 fully saturated rings. The van der Waals surface area contributed by atoms with Crippen molar-refractivity contribution in [3.8, 4) is 5.75 Å². The summed E-state index contributed by atoms with van der Waals surface area (Å²) in [4.78, 5) is 59.4. The largest absolute Gasteiger partial charge is 0.423 e. The molecular weight excluding hydrogens is 617 g/mol. The molecule has 4 rings (SSSR count). The van der Waals surface area contributed by atoms with Crippen molar-refractivity contribution in [2.75, 3.05) is 0 Å². The van der Waals surface area contributed by atoms with Crippen molar-refractivity contribution in [3.63, 3.8) is 0 Å². The fraction of sp³-hybridized carbons (Fsp3) is 0.0417. The summed E-state index contributed by atoms with van der Waals surface area (Å²) in [6, 6.07) is 15.9. The maximum absolute atomic E-state index is 12.8. The normalized spacial score (nSPS) is 14.2. The molecule has 0 bridgehead atoms. The first kappa shape index (κ1) is 26.0. The number of thioether (sulfide) groups is 1. The number of esters is 1. The number of nitrogens with zero attached hydrogens (tertiary/aromatic N) is 3. The van der Waals surface area contributed by atoms with Gasteiger partial charge in [0.05, 0.1) is 32.9 Å². The molecule has 1 heterocycles. The Labute approximate surface area is 226 Å². The molecule has 186 valence electrons. The van der Waals surface area contributed by atoms with Crippen LogP contribution in [-0.2, 0) is 11.3 Å². The quantitative estimate of drug-likeness (QED) is 0.0815. The molecule has 2 amide bonds. The fourth-order valence-electron chi connectivity index (χ4n) is 3.28. The van der Waals surface area contributed by atoms with Crippen LogP contribution in [0.3, 0.4) is 0 Å². The van der Waals surface area contributed by atoms with Gasteiger partial charge in [0, 0.05) is 15.7 Å². The smallest absolute Gasteiger partial charge is 0.344 e. The van der Waals surface area contributed by atoms with Gasteiger partial charge in [0.2, 0.25) is 0 Å². The predicted molar refractivity (Wildman–Crippen MR) is 142 cm³/mol. The fourth-order valence-corrected chi connectivity index (χ4v) is 4.48. The van der Waals surface area contributed by atoms with Crippen molar-refractivity contribution >= 4 is 68.9 Å². The van der Waals surface area contributed by atoms with E-state index in [2.05, 4.69) is 22.6 Å². The van der Waals surface area contributed by atoms with Crippen LogP contribution in [0.25, 0.3) is 6.08 Å². The van der Waals surface area contributed by atoms with E-state index in [9.17, 15) is 34.6 Å². The summed E-state index contributed by atoms with van der Waals surface area (Å²) in [6.07, 6.45) is 1.54. The Kier molecular flexibility index (Phi) is 7.63. The summed E-state index contributed by atoms with van der Waals surface area (Å²) in [5.74, 6) is -1.37. The van der Waals surface area contributed by atoms with Crippen molar-refractivity contribution in [1.82, 2.24) is 4.90 Å². The van der Waals surface area contributed by atoms with E-state index in [1.165, 1.54) is 18.2 Å². The van der Waals surface area contributed by atoms with E-state index in [0.717, 1.165) is 44.0 Å². The second-order valence-corrected chi connectivity index (χ2v) is 9.84. The molecule has 0 aromatic heterocycles. The molecule has 0 unspecified atom stereocenters. The van der Waals surface area contributed by atoms with Crippen LogP contribution in [0.2, 0.25) is 0 Å². The van der Waals surface area contributed by atoms with Gasteiger partial charge in [-0.2, -0.15) is 0 Å². The van der Waals surface area contributed by atoms with E-state index in [-0.39, 0.29) is 28.0 Å². The van der Waals surface area contributed by atoms with Gasteiger partial charge in [-0.1, -0.05) is 24.3 Å². The summed E-state index contributed by atoms with van der Waals surface area (Å²) < 4.78 is 6.22. The van der Waals surface area contributed by atoms with Crippen LogP contribution in [0.15, 0.2) is 71.6 Å². The number of hydrogen-bond acceptors (Lipinski definition) is 9. The van der Waals surface area contributed by atoms with Crippen LogP contribution in [0.4, 0.5) is 16.2 Å². The number of halogens is 1. The van der Waals surface area contributed by atoms with Gasteiger partial charge in [-0.05, 0) is 75.8 Å². The minimum Gasteiger partial charge on any atom is -0.423 e. The number of rotatable bonds is 7. The number of hydrogen-bond donors (Lipinski definition) is 0. The Morgan fingerprint density at radius 2 is 1.54 bits per heavy atom. The number of carbonyl (C=O) groups excluding carboxylic acids is 3. The number of ether oxygens (including phenoxy) is 1. The third kappa shape index (κ3) is 6.18. The van der Waals surface area contributed by atoms with E-state index in [1.807, 2.05) is 24.3 Å². The summed E-state index contributed by atoms with van der Waals surface area (Å²) in [7, 11) is 0. The van der Waals surface area contributed by atoms with Crippen molar-refractivity contribution < 1.29 is 29.0 Å². The molecule has 0 N–H and O–H groups in total. The summed E-state index contributed by atoms with van der Waals surface area (Å²) in [5.41, 5.74) is -0.207. The molecule has 3 aromatic rings. The first-order valence-corrected chi connectivity index (χ1v) is 12.3. The van der Waals surface area contributed by atoms with E-state index < -0.39 is 33.1 Å². The number of nitro groups is 2. The molecule has 11 nitrogen and oxygen atoms in total. The second kappa shape index (κ2) is 10.9. The lowest BCUT2D eigenvalue weighted by atomic mass is 10.1. The molecule has 0 spiro atoms. The van der Waals surface area contributed by atoms with E-state index >= 15 is 0 Å². The first-order valence-electron chi connectivity index (χ1n) is 10.4. The van der Waals surface area contributed by atoms with E-state index in [0.29, 0.717) is 5.56 Å². The number of amides is 2. The Morgan fingerprint density at radius 3 is 2.11 bits per heavy atom. The second-order valence-electron chi connectivity index (χ2n) is 7.61. The topological polar surface area (TPSA) is 150 Å². The Bertz CT molecular complexity index is 1440. The van der Waals surface area contributed by atoms with Gasteiger partial charge in [-0.3, -0.25) is 34.7 Å². The van der Waals surface area contributed by atoms with Gasteiger partial charge >= 0.3 is 5.97 Å². The standard InChI is InChI=1S/C24H14IN3O8S/c25-17-5-1-15(2-6-17)13-26-22(29)21(37-24(26)31)9-14-3-7-20(8-4-14)36-23(30)16-10-18(27(32)33)12-19(11-16)28(34)35/h1-12H,13H2/b21-9-. The van der Waals surface area contributed by atoms with Crippen LogP contribution in [0.1, 0.15) is 21.5 Å².